The quantitative estimate of drug-likeness (QED) is 0.458. The summed E-state index contributed by atoms with van der Waals surface area (Å²) in [4.78, 5) is 19.6. The topological polar surface area (TPSA) is 111 Å². The van der Waals surface area contributed by atoms with Crippen molar-refractivity contribution < 1.29 is 31.8 Å². The highest BCUT2D eigenvalue weighted by Crippen LogP contribution is 2.48. The Bertz CT molecular complexity index is 904. The first-order valence-corrected chi connectivity index (χ1v) is 9.93. The monoisotopic (exact) mass is 461 g/mol. The van der Waals surface area contributed by atoms with E-state index in [0.717, 1.165) is 0 Å². The number of methoxy groups -OCH3 is 2. The Kier molecular flexibility index (Phi) is 8.05. The third-order valence-electron chi connectivity index (χ3n) is 5.35. The fourth-order valence-electron chi connectivity index (χ4n) is 3.63. The van der Waals surface area contributed by atoms with E-state index in [-0.39, 0.29) is 49.0 Å². The number of nitrogens with two attached hydrogens (primary N) is 1. The van der Waals surface area contributed by atoms with Crippen LogP contribution >= 0.6 is 0 Å². The number of rotatable bonds is 10. The Morgan fingerprint density at radius 1 is 1.31 bits per heavy atom. The number of halogens is 4. The maximum atomic E-state index is 15.7. The Balaban J connectivity index is 2.64. The van der Waals surface area contributed by atoms with E-state index in [4.69, 9.17) is 15.2 Å². The Hall–Kier alpha value is -2.89. The normalized spacial score (nSPS) is 21.2. The average molecular weight is 461 g/mol. The summed E-state index contributed by atoms with van der Waals surface area (Å²) in [6, 6.07) is 0. The maximum Gasteiger partial charge on any atom is 0.421 e. The lowest BCUT2D eigenvalue weighted by Gasteiger charge is -2.41. The zero-order chi connectivity index (χ0) is 24.1. The van der Waals surface area contributed by atoms with Gasteiger partial charge >= 0.3 is 6.18 Å². The summed E-state index contributed by atoms with van der Waals surface area (Å²) < 4.78 is 66.0. The van der Waals surface area contributed by atoms with Crippen LogP contribution in [0.2, 0.25) is 0 Å². The van der Waals surface area contributed by atoms with E-state index in [1.807, 2.05) is 0 Å². The van der Waals surface area contributed by atoms with Crippen molar-refractivity contribution in [1.82, 2.24) is 9.97 Å². The van der Waals surface area contributed by atoms with Gasteiger partial charge in [0, 0.05) is 26.5 Å². The van der Waals surface area contributed by atoms with Gasteiger partial charge in [-0.3, -0.25) is 4.79 Å². The SMILES string of the molecule is CCNc1nc(NC2=C(OC)C=C(C(N)=O)C(F)C2(CC)CCOC)ncc1C(F)(F)F. The van der Waals surface area contributed by atoms with Gasteiger partial charge in [-0.05, 0) is 25.8 Å². The van der Waals surface area contributed by atoms with E-state index < -0.39 is 35.1 Å². The van der Waals surface area contributed by atoms with Crippen LogP contribution in [-0.2, 0) is 20.4 Å². The molecule has 0 saturated heterocycles. The lowest BCUT2D eigenvalue weighted by Crippen LogP contribution is -2.44. The molecule has 8 nitrogen and oxygen atoms in total. The molecule has 1 aromatic heterocycles. The van der Waals surface area contributed by atoms with Gasteiger partial charge in [-0.2, -0.15) is 18.2 Å². The molecule has 2 unspecified atom stereocenters. The number of hydrogen-bond donors (Lipinski definition) is 3. The predicted octanol–water partition coefficient (Wildman–Crippen LogP) is 3.39. The number of allylic oxidation sites excluding steroid dienone is 2. The van der Waals surface area contributed by atoms with E-state index in [1.54, 1.807) is 13.8 Å². The summed E-state index contributed by atoms with van der Waals surface area (Å²) in [5.74, 6) is -1.46. The first kappa shape index (κ1) is 25.4. The summed E-state index contributed by atoms with van der Waals surface area (Å²) in [6.45, 7) is 3.66. The standard InChI is InChI=1S/C20H27F4N5O3/c1-5-19(7-8-31-3)14(21)11(16(25)30)9-13(32-4)15(19)28-18-27-10-12(20(22,23)24)17(29-18)26-6-2/h9-10,14H,5-8H2,1-4H3,(H2,25,30)(H2,26,27,28,29). The molecule has 32 heavy (non-hydrogen) atoms. The molecule has 1 aliphatic rings. The molecular formula is C20H27F4N5O3. The van der Waals surface area contributed by atoms with Gasteiger partial charge in [-0.1, -0.05) is 6.92 Å². The number of aromatic nitrogens is 2. The third-order valence-corrected chi connectivity index (χ3v) is 5.35. The molecule has 178 valence electrons. The van der Waals surface area contributed by atoms with Crippen LogP contribution < -0.4 is 16.4 Å². The number of anilines is 2. The number of nitrogens with zero attached hydrogens (tertiary/aromatic N) is 2. The molecule has 2 atom stereocenters. The zero-order valence-electron chi connectivity index (χ0n) is 18.3. The van der Waals surface area contributed by atoms with Crippen molar-refractivity contribution in [3.63, 3.8) is 0 Å². The molecule has 0 aromatic carbocycles. The molecule has 0 saturated carbocycles. The van der Waals surface area contributed by atoms with Gasteiger partial charge in [-0.25, -0.2) is 9.37 Å². The maximum absolute atomic E-state index is 15.7. The van der Waals surface area contributed by atoms with E-state index in [0.29, 0.717) is 6.20 Å². The van der Waals surface area contributed by atoms with Crippen LogP contribution in [0.5, 0.6) is 0 Å². The first-order chi connectivity index (χ1) is 15.0. The minimum atomic E-state index is -4.66. The lowest BCUT2D eigenvalue weighted by molar-refractivity contribution is -0.137. The number of alkyl halides is 4. The van der Waals surface area contributed by atoms with Gasteiger partial charge in [-0.15, -0.1) is 0 Å². The molecular weight excluding hydrogens is 434 g/mol. The summed E-state index contributed by atoms with van der Waals surface area (Å²) in [6.07, 6.45) is -4.34. The van der Waals surface area contributed by atoms with Crippen molar-refractivity contribution in [3.05, 3.63) is 34.9 Å². The van der Waals surface area contributed by atoms with Crippen LogP contribution in [0.1, 0.15) is 32.3 Å². The summed E-state index contributed by atoms with van der Waals surface area (Å²) in [5, 5.41) is 5.39. The molecule has 0 bridgehead atoms. The molecule has 0 aliphatic heterocycles. The Labute approximate surface area is 183 Å². The molecule has 2 rings (SSSR count). The molecule has 12 heteroatoms. The largest absolute Gasteiger partial charge is 0.495 e. The minimum absolute atomic E-state index is 0.0964. The Morgan fingerprint density at radius 3 is 2.50 bits per heavy atom. The molecule has 0 fully saturated rings. The van der Waals surface area contributed by atoms with Crippen LogP contribution in [0.3, 0.4) is 0 Å². The zero-order valence-corrected chi connectivity index (χ0v) is 18.3. The summed E-state index contributed by atoms with van der Waals surface area (Å²) in [7, 11) is 2.76. The first-order valence-electron chi connectivity index (χ1n) is 9.93. The van der Waals surface area contributed by atoms with Crippen molar-refractivity contribution in [2.24, 2.45) is 11.1 Å². The average Bonchev–Trinajstić information content (AvgIpc) is 2.73. The fourth-order valence-corrected chi connectivity index (χ4v) is 3.63. The van der Waals surface area contributed by atoms with Crippen molar-refractivity contribution in [1.29, 1.82) is 0 Å². The number of nitrogens with one attached hydrogen (secondary N) is 2. The summed E-state index contributed by atoms with van der Waals surface area (Å²) in [5.41, 5.74) is 2.90. The van der Waals surface area contributed by atoms with Gasteiger partial charge in [0.2, 0.25) is 11.9 Å². The smallest absolute Gasteiger partial charge is 0.421 e. The number of ether oxygens (including phenoxy) is 2. The molecule has 0 spiro atoms. The number of amides is 1. The highest BCUT2D eigenvalue weighted by molar-refractivity contribution is 5.94. The molecule has 1 aromatic rings. The van der Waals surface area contributed by atoms with Crippen LogP contribution in [0.4, 0.5) is 29.3 Å². The predicted molar refractivity (Wildman–Crippen MR) is 110 cm³/mol. The van der Waals surface area contributed by atoms with Gasteiger partial charge < -0.3 is 25.8 Å². The number of carbonyl (C=O) groups excluding carboxylic acids is 1. The minimum Gasteiger partial charge on any atom is -0.495 e. The second-order valence-electron chi connectivity index (χ2n) is 7.13. The lowest BCUT2D eigenvalue weighted by atomic mass is 9.69. The highest BCUT2D eigenvalue weighted by atomic mass is 19.4. The van der Waals surface area contributed by atoms with Gasteiger partial charge in [0.05, 0.1) is 23.8 Å². The van der Waals surface area contributed by atoms with Gasteiger partial charge in [0.25, 0.3) is 0 Å². The molecule has 1 aliphatic carbocycles. The van der Waals surface area contributed by atoms with Crippen LogP contribution in [-0.4, -0.2) is 49.4 Å². The molecule has 0 radical (unpaired) electrons. The van der Waals surface area contributed by atoms with Crippen molar-refractivity contribution in [2.45, 2.75) is 39.0 Å². The third kappa shape index (κ3) is 4.95. The van der Waals surface area contributed by atoms with Crippen LogP contribution in [0.25, 0.3) is 0 Å². The number of primary amides is 1. The van der Waals surface area contributed by atoms with Crippen molar-refractivity contribution in [2.75, 3.05) is 38.0 Å². The van der Waals surface area contributed by atoms with Crippen molar-refractivity contribution >= 4 is 17.7 Å². The molecule has 1 heterocycles. The van der Waals surface area contributed by atoms with Crippen molar-refractivity contribution in [3.8, 4) is 0 Å². The second-order valence-corrected chi connectivity index (χ2v) is 7.13. The van der Waals surface area contributed by atoms with Gasteiger partial charge in [0.1, 0.15) is 23.3 Å². The van der Waals surface area contributed by atoms with Crippen LogP contribution in [0.15, 0.2) is 29.3 Å². The van der Waals surface area contributed by atoms with E-state index in [1.165, 1.54) is 20.3 Å². The fraction of sp³-hybridized carbons (Fsp3) is 0.550. The second kappa shape index (κ2) is 10.2. The molecule has 1 amide bonds. The van der Waals surface area contributed by atoms with Gasteiger partial charge in [0.15, 0.2) is 0 Å². The summed E-state index contributed by atoms with van der Waals surface area (Å²) >= 11 is 0. The highest BCUT2D eigenvalue weighted by Gasteiger charge is 2.49. The van der Waals surface area contributed by atoms with E-state index in [9.17, 15) is 18.0 Å². The number of hydrogen-bond acceptors (Lipinski definition) is 7. The van der Waals surface area contributed by atoms with Crippen LogP contribution in [0, 0.1) is 5.41 Å². The number of carbonyl (C=O) groups is 1. The Morgan fingerprint density at radius 2 is 2.00 bits per heavy atom. The van der Waals surface area contributed by atoms with E-state index in [2.05, 4.69) is 20.6 Å². The van der Waals surface area contributed by atoms with E-state index >= 15 is 4.39 Å². The molecule has 4 N–H and O–H groups in total.